The highest BCUT2D eigenvalue weighted by molar-refractivity contribution is 9.10. The van der Waals surface area contributed by atoms with Gasteiger partial charge in [-0.25, -0.2) is 9.37 Å². The van der Waals surface area contributed by atoms with Crippen LogP contribution in [-0.4, -0.2) is 9.55 Å². The van der Waals surface area contributed by atoms with Crippen molar-refractivity contribution in [1.29, 1.82) is 0 Å². The molecular weight excluding hydrogens is 297 g/mol. The summed E-state index contributed by atoms with van der Waals surface area (Å²) in [7, 11) is 0. The topological polar surface area (TPSA) is 29.9 Å². The zero-order valence-corrected chi connectivity index (χ0v) is 11.7. The van der Waals surface area contributed by atoms with E-state index in [0.29, 0.717) is 10.2 Å². The van der Waals surface area contributed by atoms with Crippen molar-refractivity contribution in [3.8, 4) is 0 Å². The largest absolute Gasteiger partial charge is 0.326 e. The highest BCUT2D eigenvalue weighted by atomic mass is 79.9. The van der Waals surface area contributed by atoms with E-state index < -0.39 is 0 Å². The number of unbranched alkanes of at least 4 members (excludes halogenated alkanes) is 1. The van der Waals surface area contributed by atoms with Crippen LogP contribution in [0.5, 0.6) is 0 Å². The number of anilines is 2. The zero-order chi connectivity index (χ0) is 13.0. The Morgan fingerprint density at radius 3 is 3.00 bits per heavy atom. The normalized spacial score (nSPS) is 10.6. The lowest BCUT2D eigenvalue weighted by Crippen LogP contribution is -2.03. The monoisotopic (exact) mass is 311 g/mol. The molecule has 2 rings (SSSR count). The van der Waals surface area contributed by atoms with Gasteiger partial charge in [0.05, 0.1) is 4.47 Å². The van der Waals surface area contributed by atoms with Gasteiger partial charge in [-0.2, -0.15) is 0 Å². The first-order chi connectivity index (χ1) is 8.70. The molecule has 1 heterocycles. The molecule has 0 saturated heterocycles. The predicted octanol–water partition coefficient (Wildman–Crippen LogP) is 4.33. The Morgan fingerprint density at radius 1 is 1.44 bits per heavy atom. The van der Waals surface area contributed by atoms with Gasteiger partial charge in [-0.1, -0.05) is 13.3 Å². The molecule has 5 heteroatoms. The van der Waals surface area contributed by atoms with E-state index in [0.717, 1.165) is 25.3 Å². The van der Waals surface area contributed by atoms with Gasteiger partial charge in [0.15, 0.2) is 0 Å². The maximum Gasteiger partial charge on any atom is 0.207 e. The van der Waals surface area contributed by atoms with Gasteiger partial charge in [0.2, 0.25) is 5.95 Å². The third kappa shape index (κ3) is 3.10. The first-order valence-electron chi connectivity index (χ1n) is 5.94. The summed E-state index contributed by atoms with van der Waals surface area (Å²) in [5.41, 5.74) is 0.694. The second-order valence-electron chi connectivity index (χ2n) is 4.05. The van der Waals surface area contributed by atoms with Crippen LogP contribution in [0.3, 0.4) is 0 Å². The smallest absolute Gasteiger partial charge is 0.207 e. The highest BCUT2D eigenvalue weighted by Crippen LogP contribution is 2.22. The molecule has 0 aliphatic rings. The van der Waals surface area contributed by atoms with Crippen LogP contribution in [0.4, 0.5) is 16.0 Å². The van der Waals surface area contributed by atoms with Crippen molar-refractivity contribution < 1.29 is 4.39 Å². The predicted molar refractivity (Wildman–Crippen MR) is 74.5 cm³/mol. The molecule has 0 atom stereocenters. The molecule has 0 aliphatic heterocycles. The SMILES string of the molecule is CCCCn1ccnc1Nc1ccc(Br)c(F)c1. The summed E-state index contributed by atoms with van der Waals surface area (Å²) >= 11 is 3.13. The molecule has 96 valence electrons. The number of nitrogens with one attached hydrogen (secondary N) is 1. The van der Waals surface area contributed by atoms with Crippen LogP contribution in [0.15, 0.2) is 35.1 Å². The molecule has 1 aromatic heterocycles. The lowest BCUT2D eigenvalue weighted by atomic mass is 10.3. The fourth-order valence-electron chi connectivity index (χ4n) is 1.65. The van der Waals surface area contributed by atoms with Crippen molar-refractivity contribution in [3.05, 3.63) is 40.9 Å². The summed E-state index contributed by atoms with van der Waals surface area (Å²) in [4.78, 5) is 4.23. The quantitative estimate of drug-likeness (QED) is 0.890. The molecule has 0 saturated carbocycles. The molecule has 0 spiro atoms. The number of benzene rings is 1. The lowest BCUT2D eigenvalue weighted by Gasteiger charge is -2.09. The number of hydrogen-bond donors (Lipinski definition) is 1. The molecule has 1 aromatic carbocycles. The summed E-state index contributed by atoms with van der Waals surface area (Å²) in [6.45, 7) is 3.06. The van der Waals surface area contributed by atoms with Crippen LogP contribution in [0, 0.1) is 5.82 Å². The van der Waals surface area contributed by atoms with Gasteiger partial charge in [-0.15, -0.1) is 0 Å². The van der Waals surface area contributed by atoms with Crippen LogP contribution in [0.1, 0.15) is 19.8 Å². The van der Waals surface area contributed by atoms with Crippen LogP contribution in [-0.2, 0) is 6.54 Å². The number of imidazole rings is 1. The second kappa shape index (κ2) is 6.00. The highest BCUT2D eigenvalue weighted by Gasteiger charge is 2.05. The average Bonchev–Trinajstić information content (AvgIpc) is 2.79. The van der Waals surface area contributed by atoms with E-state index in [1.807, 2.05) is 16.8 Å². The van der Waals surface area contributed by atoms with E-state index in [4.69, 9.17) is 0 Å². The van der Waals surface area contributed by atoms with Crippen molar-refractivity contribution in [3.63, 3.8) is 0 Å². The Hall–Kier alpha value is -1.36. The Balaban J connectivity index is 2.13. The first kappa shape index (κ1) is 13.1. The molecule has 0 bridgehead atoms. The standard InChI is InChI=1S/C13H15BrFN3/c1-2-3-7-18-8-6-16-13(18)17-10-4-5-11(14)12(15)9-10/h4-6,8-9H,2-3,7H2,1H3,(H,16,17). The molecule has 0 aliphatic carbocycles. The van der Waals surface area contributed by atoms with Crippen molar-refractivity contribution >= 4 is 27.6 Å². The van der Waals surface area contributed by atoms with Gasteiger partial charge in [0, 0.05) is 24.6 Å². The van der Waals surface area contributed by atoms with Crippen molar-refractivity contribution in [2.24, 2.45) is 0 Å². The van der Waals surface area contributed by atoms with E-state index in [2.05, 4.69) is 33.2 Å². The summed E-state index contributed by atoms with van der Waals surface area (Å²) in [5, 5.41) is 3.12. The molecule has 2 aromatic rings. The van der Waals surface area contributed by atoms with E-state index >= 15 is 0 Å². The second-order valence-corrected chi connectivity index (χ2v) is 4.91. The van der Waals surface area contributed by atoms with Gasteiger partial charge in [-0.3, -0.25) is 0 Å². The Labute approximate surface area is 114 Å². The van der Waals surface area contributed by atoms with Gasteiger partial charge in [0.1, 0.15) is 5.82 Å². The summed E-state index contributed by atoms with van der Waals surface area (Å²) in [5.74, 6) is 0.455. The fourth-order valence-corrected chi connectivity index (χ4v) is 1.89. The number of rotatable bonds is 5. The number of halogens is 2. The summed E-state index contributed by atoms with van der Waals surface area (Å²) in [6, 6.07) is 4.94. The van der Waals surface area contributed by atoms with Crippen molar-refractivity contribution in [2.75, 3.05) is 5.32 Å². The molecule has 0 radical (unpaired) electrons. The maximum absolute atomic E-state index is 13.4. The van der Waals surface area contributed by atoms with E-state index in [1.165, 1.54) is 6.07 Å². The molecule has 18 heavy (non-hydrogen) atoms. The Morgan fingerprint density at radius 2 is 2.28 bits per heavy atom. The van der Waals surface area contributed by atoms with Gasteiger partial charge < -0.3 is 9.88 Å². The molecule has 0 fully saturated rings. The maximum atomic E-state index is 13.4. The minimum atomic E-state index is -0.285. The number of aryl methyl sites for hydroxylation is 1. The molecule has 3 nitrogen and oxygen atoms in total. The van der Waals surface area contributed by atoms with E-state index in [1.54, 1.807) is 12.3 Å². The molecule has 0 unspecified atom stereocenters. The first-order valence-corrected chi connectivity index (χ1v) is 6.73. The fraction of sp³-hybridized carbons (Fsp3) is 0.308. The minimum absolute atomic E-state index is 0.285. The van der Waals surface area contributed by atoms with Crippen LogP contribution >= 0.6 is 15.9 Å². The van der Waals surface area contributed by atoms with Gasteiger partial charge in [-0.05, 0) is 40.5 Å². The van der Waals surface area contributed by atoms with E-state index in [9.17, 15) is 4.39 Å². The van der Waals surface area contributed by atoms with Gasteiger partial charge >= 0.3 is 0 Å². The molecular formula is C13H15BrFN3. The van der Waals surface area contributed by atoms with E-state index in [-0.39, 0.29) is 5.82 Å². The lowest BCUT2D eigenvalue weighted by molar-refractivity contribution is 0.621. The van der Waals surface area contributed by atoms with Crippen molar-refractivity contribution in [2.45, 2.75) is 26.3 Å². The summed E-state index contributed by atoms with van der Waals surface area (Å²) in [6.07, 6.45) is 5.89. The molecule has 0 amide bonds. The zero-order valence-electron chi connectivity index (χ0n) is 10.2. The third-order valence-corrected chi connectivity index (χ3v) is 3.29. The number of hydrogen-bond acceptors (Lipinski definition) is 2. The number of aromatic nitrogens is 2. The summed E-state index contributed by atoms with van der Waals surface area (Å²) < 4.78 is 15.9. The van der Waals surface area contributed by atoms with Crippen LogP contribution in [0.25, 0.3) is 0 Å². The van der Waals surface area contributed by atoms with Crippen molar-refractivity contribution in [1.82, 2.24) is 9.55 Å². The van der Waals surface area contributed by atoms with Gasteiger partial charge in [0.25, 0.3) is 0 Å². The average molecular weight is 312 g/mol. The minimum Gasteiger partial charge on any atom is -0.326 e. The molecule has 1 N–H and O–H groups in total. The Kier molecular flexibility index (Phi) is 4.36. The van der Waals surface area contributed by atoms with Crippen LogP contribution < -0.4 is 5.32 Å². The third-order valence-electron chi connectivity index (χ3n) is 2.64. The van der Waals surface area contributed by atoms with Crippen LogP contribution in [0.2, 0.25) is 0 Å². The number of nitrogens with zero attached hydrogens (tertiary/aromatic N) is 2. The Bertz CT molecular complexity index is 525.